The van der Waals surface area contributed by atoms with Gasteiger partial charge in [0.1, 0.15) is 0 Å². The molecule has 0 aromatic carbocycles. The summed E-state index contributed by atoms with van der Waals surface area (Å²) in [4.78, 5) is 8.80. The molecule has 0 saturated heterocycles. The third kappa shape index (κ3) is 2.94. The molecule has 0 fully saturated rings. The number of nitrogens with two attached hydrogens (primary N) is 1. The zero-order valence-electron chi connectivity index (χ0n) is 10.9. The summed E-state index contributed by atoms with van der Waals surface area (Å²) in [5.74, 6) is 1.83. The van der Waals surface area contributed by atoms with Crippen molar-refractivity contribution in [1.29, 1.82) is 0 Å². The summed E-state index contributed by atoms with van der Waals surface area (Å²) in [7, 11) is 0. The lowest BCUT2D eigenvalue weighted by Crippen LogP contribution is -2.18. The summed E-state index contributed by atoms with van der Waals surface area (Å²) < 4.78 is 5.29. The third-order valence-electron chi connectivity index (χ3n) is 2.87. The Morgan fingerprint density at radius 2 is 2.17 bits per heavy atom. The molecular weight excluding hydrogens is 248 g/mol. The number of thiazole rings is 1. The van der Waals surface area contributed by atoms with Gasteiger partial charge in [-0.2, -0.15) is 4.98 Å². The fraction of sp³-hybridized carbons (Fsp3) is 0.583. The minimum Gasteiger partial charge on any atom is -0.339 e. The van der Waals surface area contributed by atoms with Crippen LogP contribution in [0, 0.1) is 12.8 Å². The van der Waals surface area contributed by atoms with Gasteiger partial charge in [0.25, 0.3) is 0 Å². The van der Waals surface area contributed by atoms with E-state index in [1.54, 1.807) is 11.3 Å². The van der Waals surface area contributed by atoms with Gasteiger partial charge in [-0.15, -0.1) is 11.3 Å². The van der Waals surface area contributed by atoms with E-state index in [1.807, 2.05) is 12.3 Å². The molecule has 1 atom stereocenters. The highest BCUT2D eigenvalue weighted by Gasteiger charge is 2.21. The van der Waals surface area contributed by atoms with Crippen LogP contribution >= 0.6 is 11.3 Å². The van der Waals surface area contributed by atoms with E-state index in [2.05, 4.69) is 29.0 Å². The van der Waals surface area contributed by atoms with Gasteiger partial charge in [0, 0.05) is 11.9 Å². The predicted octanol–water partition coefficient (Wildman–Crippen LogP) is 2.12. The quantitative estimate of drug-likeness (QED) is 0.897. The van der Waals surface area contributed by atoms with Crippen molar-refractivity contribution in [2.45, 2.75) is 33.1 Å². The van der Waals surface area contributed by atoms with E-state index < -0.39 is 0 Å². The van der Waals surface area contributed by atoms with Crippen LogP contribution in [0.4, 0.5) is 0 Å². The number of hydrogen-bond acceptors (Lipinski definition) is 6. The number of rotatable bonds is 5. The first-order valence-corrected chi connectivity index (χ1v) is 6.91. The van der Waals surface area contributed by atoms with E-state index in [9.17, 15) is 0 Å². The van der Waals surface area contributed by atoms with Crippen LogP contribution in [0.3, 0.4) is 0 Å². The topological polar surface area (TPSA) is 77.8 Å². The molecule has 0 aliphatic rings. The normalized spacial score (nSPS) is 13.2. The molecule has 2 heterocycles. The number of nitrogens with zero attached hydrogens (tertiary/aromatic N) is 3. The fourth-order valence-electron chi connectivity index (χ4n) is 1.80. The first kappa shape index (κ1) is 13.2. The van der Waals surface area contributed by atoms with Gasteiger partial charge in [-0.1, -0.05) is 19.0 Å². The first-order chi connectivity index (χ1) is 8.60. The van der Waals surface area contributed by atoms with E-state index in [1.165, 1.54) is 0 Å². The minimum atomic E-state index is 0.128. The maximum Gasteiger partial charge on any atom is 0.231 e. The molecule has 2 rings (SSSR count). The van der Waals surface area contributed by atoms with Gasteiger partial charge >= 0.3 is 0 Å². The highest BCUT2D eigenvalue weighted by atomic mass is 32.1. The summed E-state index contributed by atoms with van der Waals surface area (Å²) in [6.07, 6.45) is 0.614. The standard InChI is InChI=1S/C12H18N4OS/c1-7(2)10(5-13)12-15-11(16-17-12)4-9-6-18-8(3)14-9/h6-7,10H,4-5,13H2,1-3H3. The zero-order chi connectivity index (χ0) is 13.1. The van der Waals surface area contributed by atoms with Crippen LogP contribution in [-0.2, 0) is 6.42 Å². The van der Waals surface area contributed by atoms with Crippen LogP contribution in [-0.4, -0.2) is 21.7 Å². The number of aromatic nitrogens is 3. The molecular formula is C12H18N4OS. The Morgan fingerprint density at radius 1 is 1.39 bits per heavy atom. The van der Waals surface area contributed by atoms with Crippen molar-refractivity contribution >= 4 is 11.3 Å². The van der Waals surface area contributed by atoms with Crippen LogP contribution in [0.5, 0.6) is 0 Å². The molecule has 18 heavy (non-hydrogen) atoms. The van der Waals surface area contributed by atoms with E-state index >= 15 is 0 Å². The van der Waals surface area contributed by atoms with Crippen molar-refractivity contribution in [3.63, 3.8) is 0 Å². The maximum absolute atomic E-state index is 5.73. The Hall–Kier alpha value is -1.27. The van der Waals surface area contributed by atoms with Crippen molar-refractivity contribution in [3.05, 3.63) is 27.8 Å². The lowest BCUT2D eigenvalue weighted by molar-refractivity contribution is 0.322. The summed E-state index contributed by atoms with van der Waals surface area (Å²) >= 11 is 1.63. The molecule has 0 radical (unpaired) electrons. The van der Waals surface area contributed by atoms with E-state index in [4.69, 9.17) is 10.3 Å². The average molecular weight is 266 g/mol. The van der Waals surface area contributed by atoms with Crippen LogP contribution < -0.4 is 5.73 Å². The van der Waals surface area contributed by atoms with Gasteiger partial charge in [0.2, 0.25) is 5.89 Å². The average Bonchev–Trinajstić information content (AvgIpc) is 2.90. The van der Waals surface area contributed by atoms with Gasteiger partial charge in [-0.05, 0) is 12.8 Å². The number of hydrogen-bond donors (Lipinski definition) is 1. The molecule has 0 aliphatic carbocycles. The Bertz CT molecular complexity index is 506. The summed E-state index contributed by atoms with van der Waals surface area (Å²) in [6.45, 7) is 6.71. The molecule has 5 nitrogen and oxygen atoms in total. The molecule has 0 amide bonds. The second kappa shape index (κ2) is 5.58. The summed E-state index contributed by atoms with van der Waals surface area (Å²) in [5.41, 5.74) is 6.72. The minimum absolute atomic E-state index is 0.128. The van der Waals surface area contributed by atoms with Crippen molar-refractivity contribution in [2.75, 3.05) is 6.54 Å². The van der Waals surface area contributed by atoms with Crippen molar-refractivity contribution in [1.82, 2.24) is 15.1 Å². The summed E-state index contributed by atoms with van der Waals surface area (Å²) in [5, 5.41) is 7.07. The lowest BCUT2D eigenvalue weighted by atomic mass is 9.96. The molecule has 2 aromatic rings. The van der Waals surface area contributed by atoms with Gasteiger partial charge in [0.15, 0.2) is 5.82 Å². The van der Waals surface area contributed by atoms with Crippen LogP contribution in [0.25, 0.3) is 0 Å². The fourth-order valence-corrected chi connectivity index (χ4v) is 2.41. The van der Waals surface area contributed by atoms with Gasteiger partial charge in [-0.3, -0.25) is 0 Å². The second-order valence-electron chi connectivity index (χ2n) is 4.67. The van der Waals surface area contributed by atoms with Crippen LogP contribution in [0.1, 0.15) is 42.2 Å². The Morgan fingerprint density at radius 3 is 2.72 bits per heavy atom. The highest BCUT2D eigenvalue weighted by Crippen LogP contribution is 2.22. The molecule has 98 valence electrons. The summed E-state index contributed by atoms with van der Waals surface area (Å²) in [6, 6.07) is 0. The molecule has 1 unspecified atom stereocenters. The zero-order valence-corrected chi connectivity index (χ0v) is 11.7. The van der Waals surface area contributed by atoms with E-state index in [0.29, 0.717) is 30.6 Å². The van der Waals surface area contributed by atoms with Gasteiger partial charge in [0.05, 0.1) is 23.0 Å². The number of aryl methyl sites for hydroxylation is 1. The van der Waals surface area contributed by atoms with Crippen molar-refractivity contribution in [2.24, 2.45) is 11.7 Å². The molecule has 6 heteroatoms. The smallest absolute Gasteiger partial charge is 0.231 e. The SMILES string of the molecule is Cc1nc(Cc2noc(C(CN)C(C)C)n2)cs1. The second-order valence-corrected chi connectivity index (χ2v) is 5.73. The molecule has 2 aromatic heterocycles. The maximum atomic E-state index is 5.73. The van der Waals surface area contributed by atoms with Crippen molar-refractivity contribution in [3.8, 4) is 0 Å². The molecule has 2 N–H and O–H groups in total. The van der Waals surface area contributed by atoms with E-state index in [0.717, 1.165) is 10.7 Å². The van der Waals surface area contributed by atoms with Crippen LogP contribution in [0.15, 0.2) is 9.90 Å². The van der Waals surface area contributed by atoms with Gasteiger partial charge in [-0.25, -0.2) is 4.98 Å². The molecule has 0 aliphatic heterocycles. The lowest BCUT2D eigenvalue weighted by Gasteiger charge is -2.13. The Kier molecular flexibility index (Phi) is 4.08. The monoisotopic (exact) mass is 266 g/mol. The van der Waals surface area contributed by atoms with Gasteiger partial charge < -0.3 is 10.3 Å². The third-order valence-corrected chi connectivity index (χ3v) is 3.69. The van der Waals surface area contributed by atoms with Crippen LogP contribution in [0.2, 0.25) is 0 Å². The molecule has 0 saturated carbocycles. The Balaban J connectivity index is 2.10. The van der Waals surface area contributed by atoms with E-state index in [-0.39, 0.29) is 5.92 Å². The first-order valence-electron chi connectivity index (χ1n) is 6.03. The largest absolute Gasteiger partial charge is 0.339 e. The highest BCUT2D eigenvalue weighted by molar-refractivity contribution is 7.09. The Labute approximate surface area is 110 Å². The van der Waals surface area contributed by atoms with Crippen molar-refractivity contribution < 1.29 is 4.52 Å². The predicted molar refractivity (Wildman–Crippen MR) is 70.6 cm³/mol. The molecule has 0 spiro atoms. The molecule has 0 bridgehead atoms.